The van der Waals surface area contributed by atoms with Crippen molar-refractivity contribution >= 4 is 5.69 Å². The maximum absolute atomic E-state index is 10.5. The lowest BCUT2D eigenvalue weighted by Gasteiger charge is -2.07. The summed E-state index contributed by atoms with van der Waals surface area (Å²) in [6, 6.07) is 9.94. The number of nitro benzene ring substituents is 1. The lowest BCUT2D eigenvalue weighted by Crippen LogP contribution is -2.20. The van der Waals surface area contributed by atoms with Crippen LogP contribution in [0.25, 0.3) is 0 Å². The Bertz CT molecular complexity index is 543. The minimum absolute atomic E-state index is 0.0621. The number of nitrogens with one attached hydrogen (secondary N) is 1. The molecular weight excluding hydrogens is 258 g/mol. The maximum Gasteiger partial charge on any atom is 0.269 e. The average molecular weight is 273 g/mol. The molecule has 0 amide bonds. The molecule has 0 atom stereocenters. The molecule has 0 fully saturated rings. The van der Waals surface area contributed by atoms with Gasteiger partial charge in [-0.1, -0.05) is 6.07 Å². The molecule has 1 aromatic carbocycles. The molecule has 1 heterocycles. The van der Waals surface area contributed by atoms with Crippen molar-refractivity contribution in [3.8, 4) is 5.75 Å². The Balaban J connectivity index is 1.67. The lowest BCUT2D eigenvalue weighted by molar-refractivity contribution is -0.384. The van der Waals surface area contributed by atoms with Gasteiger partial charge in [-0.25, -0.2) is 0 Å². The molecule has 104 valence electrons. The van der Waals surface area contributed by atoms with Crippen LogP contribution in [0.4, 0.5) is 5.69 Å². The van der Waals surface area contributed by atoms with Crippen LogP contribution in [0, 0.1) is 10.1 Å². The van der Waals surface area contributed by atoms with Gasteiger partial charge in [-0.2, -0.15) is 0 Å². The number of nitrogens with zero attached hydrogens (tertiary/aromatic N) is 2. The summed E-state index contributed by atoms with van der Waals surface area (Å²) in [5.74, 6) is 0.624. The smallest absolute Gasteiger partial charge is 0.269 e. The molecule has 2 rings (SSSR count). The van der Waals surface area contributed by atoms with Crippen molar-refractivity contribution in [1.82, 2.24) is 10.3 Å². The summed E-state index contributed by atoms with van der Waals surface area (Å²) in [5, 5.41) is 13.7. The van der Waals surface area contributed by atoms with E-state index in [0.29, 0.717) is 18.9 Å². The molecule has 0 saturated carbocycles. The van der Waals surface area contributed by atoms with Gasteiger partial charge in [0.15, 0.2) is 0 Å². The predicted molar refractivity (Wildman–Crippen MR) is 74.5 cm³/mol. The number of ether oxygens (including phenoxy) is 1. The highest BCUT2D eigenvalue weighted by molar-refractivity contribution is 5.35. The molecule has 20 heavy (non-hydrogen) atoms. The first-order valence-electron chi connectivity index (χ1n) is 6.22. The van der Waals surface area contributed by atoms with Crippen LogP contribution in [0.2, 0.25) is 0 Å². The minimum atomic E-state index is -0.431. The first-order chi connectivity index (χ1) is 9.75. The fourth-order valence-electron chi connectivity index (χ4n) is 1.64. The molecular formula is C14H15N3O3. The van der Waals surface area contributed by atoms with Gasteiger partial charge in [0.05, 0.1) is 4.92 Å². The highest BCUT2D eigenvalue weighted by atomic mass is 16.6. The number of nitro groups is 1. The molecule has 0 radical (unpaired) electrons. The fourth-order valence-corrected chi connectivity index (χ4v) is 1.64. The Labute approximate surface area is 116 Å². The number of hydrogen-bond donors (Lipinski definition) is 1. The van der Waals surface area contributed by atoms with Crippen LogP contribution in [0.15, 0.2) is 48.8 Å². The summed E-state index contributed by atoms with van der Waals surface area (Å²) in [6.45, 7) is 1.92. The second-order valence-corrected chi connectivity index (χ2v) is 4.14. The molecule has 1 N–H and O–H groups in total. The Hall–Kier alpha value is -2.47. The van der Waals surface area contributed by atoms with E-state index in [4.69, 9.17) is 4.74 Å². The summed E-state index contributed by atoms with van der Waals surface area (Å²) in [6.07, 6.45) is 3.55. The van der Waals surface area contributed by atoms with Crippen molar-refractivity contribution < 1.29 is 9.66 Å². The normalized spacial score (nSPS) is 10.2. The lowest BCUT2D eigenvalue weighted by atomic mass is 10.3. The highest BCUT2D eigenvalue weighted by Gasteiger charge is 2.03. The van der Waals surface area contributed by atoms with Gasteiger partial charge in [-0.15, -0.1) is 0 Å². The monoisotopic (exact) mass is 273 g/mol. The van der Waals surface area contributed by atoms with E-state index in [2.05, 4.69) is 10.3 Å². The topological polar surface area (TPSA) is 77.3 Å². The Morgan fingerprint density at radius 3 is 2.70 bits per heavy atom. The molecule has 0 aliphatic rings. The molecule has 1 aromatic heterocycles. The van der Waals surface area contributed by atoms with E-state index < -0.39 is 4.92 Å². The maximum atomic E-state index is 10.5. The molecule has 0 unspecified atom stereocenters. The molecule has 6 heteroatoms. The van der Waals surface area contributed by atoms with Gasteiger partial charge in [-0.3, -0.25) is 15.1 Å². The van der Waals surface area contributed by atoms with Gasteiger partial charge < -0.3 is 10.1 Å². The Morgan fingerprint density at radius 1 is 1.25 bits per heavy atom. The minimum Gasteiger partial charge on any atom is -0.492 e. The van der Waals surface area contributed by atoms with Gasteiger partial charge in [0.25, 0.3) is 5.69 Å². The van der Waals surface area contributed by atoms with Gasteiger partial charge in [0, 0.05) is 37.6 Å². The average Bonchev–Trinajstić information content (AvgIpc) is 2.48. The van der Waals surface area contributed by atoms with Crippen LogP contribution in [-0.2, 0) is 6.54 Å². The second-order valence-electron chi connectivity index (χ2n) is 4.14. The van der Waals surface area contributed by atoms with Crippen molar-refractivity contribution in [2.45, 2.75) is 6.54 Å². The van der Waals surface area contributed by atoms with E-state index in [1.165, 1.54) is 12.1 Å². The van der Waals surface area contributed by atoms with Crippen LogP contribution in [-0.4, -0.2) is 23.1 Å². The zero-order valence-corrected chi connectivity index (χ0v) is 10.9. The van der Waals surface area contributed by atoms with Gasteiger partial charge >= 0.3 is 0 Å². The van der Waals surface area contributed by atoms with E-state index in [9.17, 15) is 10.1 Å². The predicted octanol–water partition coefficient (Wildman–Crippen LogP) is 2.16. The van der Waals surface area contributed by atoms with Crippen LogP contribution in [0.1, 0.15) is 5.56 Å². The van der Waals surface area contributed by atoms with Crippen molar-refractivity contribution in [2.24, 2.45) is 0 Å². The number of pyridine rings is 1. The number of non-ortho nitro benzene ring substituents is 1. The zero-order valence-electron chi connectivity index (χ0n) is 10.9. The molecule has 0 spiro atoms. The first kappa shape index (κ1) is 14.0. The van der Waals surface area contributed by atoms with Gasteiger partial charge in [0.1, 0.15) is 12.4 Å². The molecule has 2 aromatic rings. The molecule has 0 saturated heterocycles. The number of aromatic nitrogens is 1. The van der Waals surface area contributed by atoms with E-state index in [0.717, 1.165) is 12.1 Å². The zero-order chi connectivity index (χ0) is 14.2. The first-order valence-corrected chi connectivity index (χ1v) is 6.22. The van der Waals surface area contributed by atoms with E-state index >= 15 is 0 Å². The number of rotatable bonds is 7. The highest BCUT2D eigenvalue weighted by Crippen LogP contribution is 2.16. The number of hydrogen-bond acceptors (Lipinski definition) is 5. The SMILES string of the molecule is O=[N+]([O-])c1ccc(OCCNCc2cccnc2)cc1. The molecule has 0 aliphatic heterocycles. The second kappa shape index (κ2) is 7.20. The van der Waals surface area contributed by atoms with Crippen LogP contribution in [0.5, 0.6) is 5.75 Å². The van der Waals surface area contributed by atoms with Crippen molar-refractivity contribution in [2.75, 3.05) is 13.2 Å². The van der Waals surface area contributed by atoms with Crippen molar-refractivity contribution in [1.29, 1.82) is 0 Å². The molecule has 0 aliphatic carbocycles. The third-order valence-corrected chi connectivity index (χ3v) is 2.65. The quantitative estimate of drug-likeness (QED) is 0.475. The van der Waals surface area contributed by atoms with Crippen LogP contribution >= 0.6 is 0 Å². The number of benzene rings is 1. The van der Waals surface area contributed by atoms with E-state index in [1.807, 2.05) is 18.3 Å². The third-order valence-electron chi connectivity index (χ3n) is 2.65. The van der Waals surface area contributed by atoms with Crippen molar-refractivity contribution in [3.63, 3.8) is 0 Å². The third kappa shape index (κ3) is 4.33. The van der Waals surface area contributed by atoms with Crippen LogP contribution < -0.4 is 10.1 Å². The summed E-state index contributed by atoms with van der Waals surface area (Å²) < 4.78 is 5.48. The van der Waals surface area contributed by atoms with Crippen LogP contribution in [0.3, 0.4) is 0 Å². The molecule has 6 nitrogen and oxygen atoms in total. The summed E-state index contributed by atoms with van der Waals surface area (Å²) in [4.78, 5) is 14.1. The van der Waals surface area contributed by atoms with Gasteiger partial charge in [0.2, 0.25) is 0 Å². The van der Waals surface area contributed by atoms with Gasteiger partial charge in [-0.05, 0) is 23.8 Å². The summed E-state index contributed by atoms with van der Waals surface area (Å²) >= 11 is 0. The fraction of sp³-hybridized carbons (Fsp3) is 0.214. The largest absolute Gasteiger partial charge is 0.492 e. The van der Waals surface area contributed by atoms with E-state index in [1.54, 1.807) is 18.3 Å². The standard InChI is InChI=1S/C14H15N3O3/c18-17(19)13-3-5-14(6-4-13)20-9-8-16-11-12-2-1-7-15-10-12/h1-7,10,16H,8-9,11H2. The summed E-state index contributed by atoms with van der Waals surface area (Å²) in [5.41, 5.74) is 1.18. The Kier molecular flexibility index (Phi) is 5.02. The molecule has 0 bridgehead atoms. The Morgan fingerprint density at radius 2 is 2.05 bits per heavy atom. The summed E-state index contributed by atoms with van der Waals surface area (Å²) in [7, 11) is 0. The van der Waals surface area contributed by atoms with Crippen molar-refractivity contribution in [3.05, 3.63) is 64.5 Å². The van der Waals surface area contributed by atoms with E-state index in [-0.39, 0.29) is 5.69 Å².